The number of hydrogen-bond acceptors (Lipinski definition) is 3. The Morgan fingerprint density at radius 2 is 2.06 bits per heavy atom. The van der Waals surface area contributed by atoms with Crippen molar-refractivity contribution < 1.29 is 4.79 Å². The van der Waals surface area contributed by atoms with Crippen molar-refractivity contribution >= 4 is 5.91 Å². The number of nitrogens with zero attached hydrogens (tertiary/aromatic N) is 1. The van der Waals surface area contributed by atoms with Gasteiger partial charge in [-0.05, 0) is 45.2 Å². The SMILES string of the molecule is CCCNC(CCN(CCC)C1CC1)C(N)=O. The molecule has 4 heteroatoms. The summed E-state index contributed by atoms with van der Waals surface area (Å²) in [5.74, 6) is -0.217. The lowest BCUT2D eigenvalue weighted by Gasteiger charge is -2.23. The van der Waals surface area contributed by atoms with E-state index in [4.69, 9.17) is 5.73 Å². The molecule has 1 fully saturated rings. The van der Waals surface area contributed by atoms with Crippen molar-refractivity contribution in [2.75, 3.05) is 19.6 Å². The maximum absolute atomic E-state index is 11.3. The molecule has 0 aromatic rings. The minimum atomic E-state index is -0.217. The molecule has 0 saturated heterocycles. The van der Waals surface area contributed by atoms with E-state index in [0.717, 1.165) is 38.5 Å². The molecule has 100 valence electrons. The van der Waals surface area contributed by atoms with E-state index in [9.17, 15) is 4.79 Å². The molecule has 1 atom stereocenters. The number of hydrogen-bond donors (Lipinski definition) is 2. The summed E-state index contributed by atoms with van der Waals surface area (Å²) in [6.07, 6.45) is 5.70. The summed E-state index contributed by atoms with van der Waals surface area (Å²) < 4.78 is 0. The van der Waals surface area contributed by atoms with Crippen molar-refractivity contribution in [3.8, 4) is 0 Å². The maximum atomic E-state index is 11.3. The van der Waals surface area contributed by atoms with Crippen LogP contribution in [0.4, 0.5) is 0 Å². The number of amides is 1. The van der Waals surface area contributed by atoms with Crippen LogP contribution in [0.5, 0.6) is 0 Å². The Bertz CT molecular complexity index is 229. The third-order valence-electron chi connectivity index (χ3n) is 3.26. The number of rotatable bonds is 10. The summed E-state index contributed by atoms with van der Waals surface area (Å²) in [5, 5.41) is 3.22. The number of carbonyl (C=O) groups excluding carboxylic acids is 1. The number of primary amides is 1. The molecule has 1 aliphatic carbocycles. The zero-order valence-corrected chi connectivity index (χ0v) is 11.2. The molecular formula is C13H27N3O. The van der Waals surface area contributed by atoms with E-state index in [1.165, 1.54) is 19.3 Å². The summed E-state index contributed by atoms with van der Waals surface area (Å²) in [5.41, 5.74) is 5.41. The van der Waals surface area contributed by atoms with Gasteiger partial charge >= 0.3 is 0 Å². The molecular weight excluding hydrogens is 214 g/mol. The summed E-state index contributed by atoms with van der Waals surface area (Å²) in [6.45, 7) is 7.30. The molecule has 0 heterocycles. The molecule has 0 radical (unpaired) electrons. The summed E-state index contributed by atoms with van der Waals surface area (Å²) in [7, 11) is 0. The third kappa shape index (κ3) is 5.50. The van der Waals surface area contributed by atoms with Gasteiger partial charge in [0.1, 0.15) is 0 Å². The van der Waals surface area contributed by atoms with Gasteiger partial charge in [0.2, 0.25) is 5.91 Å². The van der Waals surface area contributed by atoms with Crippen molar-refractivity contribution in [2.45, 2.75) is 58.0 Å². The van der Waals surface area contributed by atoms with Crippen LogP contribution in [0.2, 0.25) is 0 Å². The molecule has 0 aromatic carbocycles. The fourth-order valence-electron chi connectivity index (χ4n) is 2.16. The molecule has 17 heavy (non-hydrogen) atoms. The molecule has 0 aromatic heterocycles. The smallest absolute Gasteiger partial charge is 0.234 e. The van der Waals surface area contributed by atoms with Gasteiger partial charge in [-0.15, -0.1) is 0 Å². The van der Waals surface area contributed by atoms with Gasteiger partial charge in [0.25, 0.3) is 0 Å². The van der Waals surface area contributed by atoms with E-state index < -0.39 is 0 Å². The topological polar surface area (TPSA) is 58.4 Å². The molecule has 3 N–H and O–H groups in total. The van der Waals surface area contributed by atoms with Gasteiger partial charge in [-0.2, -0.15) is 0 Å². The first kappa shape index (κ1) is 14.5. The Kier molecular flexibility index (Phi) is 6.52. The van der Waals surface area contributed by atoms with Crippen LogP contribution in [-0.4, -0.2) is 42.5 Å². The molecule has 1 amide bonds. The van der Waals surface area contributed by atoms with Gasteiger partial charge in [0, 0.05) is 12.6 Å². The second kappa shape index (κ2) is 7.67. The highest BCUT2D eigenvalue weighted by molar-refractivity contribution is 5.79. The van der Waals surface area contributed by atoms with E-state index >= 15 is 0 Å². The molecule has 1 saturated carbocycles. The van der Waals surface area contributed by atoms with Crippen LogP contribution in [0, 0.1) is 0 Å². The minimum Gasteiger partial charge on any atom is -0.368 e. The fraction of sp³-hybridized carbons (Fsp3) is 0.923. The van der Waals surface area contributed by atoms with Crippen LogP contribution in [0.1, 0.15) is 46.0 Å². The van der Waals surface area contributed by atoms with E-state index in [1.54, 1.807) is 0 Å². The lowest BCUT2D eigenvalue weighted by molar-refractivity contribution is -0.120. The van der Waals surface area contributed by atoms with Gasteiger partial charge in [0.15, 0.2) is 0 Å². The van der Waals surface area contributed by atoms with Crippen molar-refractivity contribution in [1.29, 1.82) is 0 Å². The van der Waals surface area contributed by atoms with Crippen molar-refractivity contribution in [2.24, 2.45) is 5.73 Å². The van der Waals surface area contributed by atoms with Crippen LogP contribution < -0.4 is 11.1 Å². The van der Waals surface area contributed by atoms with Crippen molar-refractivity contribution in [3.05, 3.63) is 0 Å². The van der Waals surface area contributed by atoms with Crippen molar-refractivity contribution in [3.63, 3.8) is 0 Å². The van der Waals surface area contributed by atoms with Crippen LogP contribution in [0.15, 0.2) is 0 Å². The van der Waals surface area contributed by atoms with Crippen LogP contribution in [-0.2, 0) is 4.79 Å². The van der Waals surface area contributed by atoms with E-state index in [2.05, 4.69) is 24.1 Å². The first-order chi connectivity index (χ1) is 8.19. The quantitative estimate of drug-likeness (QED) is 0.602. The van der Waals surface area contributed by atoms with Gasteiger partial charge in [-0.25, -0.2) is 0 Å². The van der Waals surface area contributed by atoms with Crippen LogP contribution in [0.3, 0.4) is 0 Å². The Morgan fingerprint density at radius 1 is 1.35 bits per heavy atom. The molecule has 1 unspecified atom stereocenters. The molecule has 0 aliphatic heterocycles. The van der Waals surface area contributed by atoms with Gasteiger partial charge in [-0.3, -0.25) is 4.79 Å². The highest BCUT2D eigenvalue weighted by atomic mass is 16.1. The summed E-state index contributed by atoms with van der Waals surface area (Å²) in [4.78, 5) is 13.8. The van der Waals surface area contributed by atoms with Crippen molar-refractivity contribution in [1.82, 2.24) is 10.2 Å². The lowest BCUT2D eigenvalue weighted by Crippen LogP contribution is -2.44. The number of nitrogens with two attached hydrogens (primary N) is 1. The zero-order chi connectivity index (χ0) is 12.7. The van der Waals surface area contributed by atoms with E-state index in [1.807, 2.05) is 0 Å². The Balaban J connectivity index is 2.30. The van der Waals surface area contributed by atoms with E-state index in [0.29, 0.717) is 0 Å². The number of carbonyl (C=O) groups is 1. The first-order valence-corrected chi connectivity index (χ1v) is 6.95. The third-order valence-corrected chi connectivity index (χ3v) is 3.26. The summed E-state index contributed by atoms with van der Waals surface area (Å²) >= 11 is 0. The minimum absolute atomic E-state index is 0.159. The molecule has 0 bridgehead atoms. The second-order valence-corrected chi connectivity index (χ2v) is 4.96. The zero-order valence-electron chi connectivity index (χ0n) is 11.2. The second-order valence-electron chi connectivity index (χ2n) is 4.96. The largest absolute Gasteiger partial charge is 0.368 e. The Hall–Kier alpha value is -0.610. The highest BCUT2D eigenvalue weighted by Gasteiger charge is 2.28. The average Bonchev–Trinajstić information content (AvgIpc) is 3.11. The molecule has 1 rings (SSSR count). The lowest BCUT2D eigenvalue weighted by atomic mass is 10.1. The standard InChI is InChI=1S/C13H27N3O/c1-3-8-15-12(13(14)17)7-10-16(9-4-2)11-5-6-11/h11-12,15H,3-10H2,1-2H3,(H2,14,17). The van der Waals surface area contributed by atoms with Gasteiger partial charge in [-0.1, -0.05) is 13.8 Å². The van der Waals surface area contributed by atoms with Crippen LogP contribution >= 0.6 is 0 Å². The molecule has 4 nitrogen and oxygen atoms in total. The van der Waals surface area contributed by atoms with Gasteiger partial charge < -0.3 is 16.0 Å². The Labute approximate surface area is 105 Å². The number of nitrogens with one attached hydrogen (secondary N) is 1. The normalized spacial score (nSPS) is 17.4. The molecule has 1 aliphatic rings. The monoisotopic (exact) mass is 241 g/mol. The molecule has 0 spiro atoms. The van der Waals surface area contributed by atoms with Gasteiger partial charge in [0.05, 0.1) is 6.04 Å². The fourth-order valence-corrected chi connectivity index (χ4v) is 2.16. The highest BCUT2D eigenvalue weighted by Crippen LogP contribution is 2.27. The predicted octanol–water partition coefficient (Wildman–Crippen LogP) is 1.10. The maximum Gasteiger partial charge on any atom is 0.234 e. The van der Waals surface area contributed by atoms with E-state index in [-0.39, 0.29) is 11.9 Å². The predicted molar refractivity (Wildman–Crippen MR) is 70.8 cm³/mol. The average molecular weight is 241 g/mol. The first-order valence-electron chi connectivity index (χ1n) is 6.95. The van der Waals surface area contributed by atoms with Crippen LogP contribution in [0.25, 0.3) is 0 Å². The Morgan fingerprint density at radius 3 is 2.53 bits per heavy atom. The summed E-state index contributed by atoms with van der Waals surface area (Å²) in [6, 6.07) is 0.614.